The first-order valence-electron chi connectivity index (χ1n) is 7.51. The molecule has 0 radical (unpaired) electrons. The normalized spacial score (nSPS) is 14.2. The standard InChI is InChI=1S/C15H19N5O2/c1-2-12(9-14-17-19-20-18-14)16-15(21)8-10-3-4-13-11(7-10)5-6-22-13/h3-4,7,12H,2,5-6,8-9H2,1H3,(H,16,21)(H,17,18,19,20). The van der Waals surface area contributed by atoms with E-state index in [1.807, 2.05) is 19.1 Å². The molecule has 1 amide bonds. The lowest BCUT2D eigenvalue weighted by Gasteiger charge is -2.15. The molecule has 2 heterocycles. The first-order valence-corrected chi connectivity index (χ1v) is 7.51. The number of nitrogens with one attached hydrogen (secondary N) is 2. The second kappa shape index (κ2) is 6.55. The van der Waals surface area contributed by atoms with Crippen LogP contribution in [0.25, 0.3) is 0 Å². The zero-order valence-corrected chi connectivity index (χ0v) is 12.5. The van der Waals surface area contributed by atoms with Gasteiger partial charge in [0.25, 0.3) is 0 Å². The first kappa shape index (κ1) is 14.5. The minimum atomic E-state index is 0.00853. The Hall–Kier alpha value is -2.44. The molecule has 7 nitrogen and oxygen atoms in total. The van der Waals surface area contributed by atoms with Crippen LogP contribution in [0.1, 0.15) is 30.3 Å². The molecule has 1 aromatic heterocycles. The summed E-state index contributed by atoms with van der Waals surface area (Å²) in [5.74, 6) is 1.56. The van der Waals surface area contributed by atoms with Crippen LogP contribution in [0.4, 0.5) is 0 Å². The van der Waals surface area contributed by atoms with Gasteiger partial charge in [0.1, 0.15) is 5.75 Å². The van der Waals surface area contributed by atoms with Gasteiger partial charge in [-0.3, -0.25) is 4.79 Å². The number of carbonyl (C=O) groups excluding carboxylic acids is 1. The largest absolute Gasteiger partial charge is 0.493 e. The summed E-state index contributed by atoms with van der Waals surface area (Å²) in [6.45, 7) is 2.76. The molecule has 1 aliphatic heterocycles. The van der Waals surface area contributed by atoms with E-state index in [2.05, 4.69) is 32.0 Å². The first-order chi connectivity index (χ1) is 10.7. The smallest absolute Gasteiger partial charge is 0.224 e. The monoisotopic (exact) mass is 301 g/mol. The van der Waals surface area contributed by atoms with Crippen molar-refractivity contribution in [2.45, 2.75) is 38.6 Å². The molecule has 1 aromatic carbocycles. The Bertz CT molecular complexity index is 641. The molecule has 7 heteroatoms. The van der Waals surface area contributed by atoms with Crippen molar-refractivity contribution in [2.24, 2.45) is 0 Å². The van der Waals surface area contributed by atoms with Crippen LogP contribution in [0.2, 0.25) is 0 Å². The summed E-state index contributed by atoms with van der Waals surface area (Å²) < 4.78 is 5.48. The fourth-order valence-electron chi connectivity index (χ4n) is 2.60. The van der Waals surface area contributed by atoms with Crippen LogP contribution in [0.15, 0.2) is 18.2 Å². The Morgan fingerprint density at radius 3 is 3.18 bits per heavy atom. The Morgan fingerprint density at radius 2 is 2.41 bits per heavy atom. The molecule has 2 aromatic rings. The number of nitrogens with zero attached hydrogens (tertiary/aromatic N) is 3. The van der Waals surface area contributed by atoms with Crippen molar-refractivity contribution in [2.75, 3.05) is 6.61 Å². The molecular formula is C15H19N5O2. The SMILES string of the molecule is CCC(Cc1nn[nH]n1)NC(=O)Cc1ccc2c(c1)CCO2. The Kier molecular flexibility index (Phi) is 4.32. The second-order valence-corrected chi connectivity index (χ2v) is 5.42. The molecule has 0 aliphatic carbocycles. The maximum absolute atomic E-state index is 12.2. The molecule has 1 aliphatic rings. The predicted octanol–water partition coefficient (Wildman–Crippen LogP) is 0.815. The molecule has 0 saturated carbocycles. The summed E-state index contributed by atoms with van der Waals surface area (Å²) in [7, 11) is 0. The number of fused-ring (bicyclic) bond motifs is 1. The van der Waals surface area contributed by atoms with Crippen LogP contribution < -0.4 is 10.1 Å². The highest BCUT2D eigenvalue weighted by Gasteiger charge is 2.16. The summed E-state index contributed by atoms with van der Waals surface area (Å²) in [6.07, 6.45) is 2.69. The molecule has 22 heavy (non-hydrogen) atoms. The number of hydrogen-bond donors (Lipinski definition) is 2. The maximum atomic E-state index is 12.2. The molecule has 116 valence electrons. The van der Waals surface area contributed by atoms with Crippen molar-refractivity contribution < 1.29 is 9.53 Å². The minimum absolute atomic E-state index is 0.00853. The number of benzene rings is 1. The quantitative estimate of drug-likeness (QED) is 0.824. The highest BCUT2D eigenvalue weighted by atomic mass is 16.5. The van der Waals surface area contributed by atoms with Gasteiger partial charge >= 0.3 is 0 Å². The van der Waals surface area contributed by atoms with Crippen molar-refractivity contribution in [3.05, 3.63) is 35.2 Å². The molecule has 0 bridgehead atoms. The zero-order chi connectivity index (χ0) is 15.4. The van der Waals surface area contributed by atoms with E-state index in [4.69, 9.17) is 4.74 Å². The van der Waals surface area contributed by atoms with E-state index in [0.717, 1.165) is 30.8 Å². The summed E-state index contributed by atoms with van der Waals surface area (Å²) >= 11 is 0. The van der Waals surface area contributed by atoms with E-state index < -0.39 is 0 Å². The van der Waals surface area contributed by atoms with Crippen molar-refractivity contribution in [1.82, 2.24) is 25.9 Å². The van der Waals surface area contributed by atoms with Crippen molar-refractivity contribution in [1.29, 1.82) is 0 Å². The third-order valence-electron chi connectivity index (χ3n) is 3.79. The average Bonchev–Trinajstić information content (AvgIpc) is 3.17. The van der Waals surface area contributed by atoms with Gasteiger partial charge in [-0.1, -0.05) is 24.3 Å². The van der Waals surface area contributed by atoms with Gasteiger partial charge in [-0.2, -0.15) is 5.21 Å². The van der Waals surface area contributed by atoms with Gasteiger partial charge in [0.2, 0.25) is 5.91 Å². The van der Waals surface area contributed by atoms with Gasteiger partial charge in [0.15, 0.2) is 5.82 Å². The second-order valence-electron chi connectivity index (χ2n) is 5.42. The van der Waals surface area contributed by atoms with Crippen molar-refractivity contribution in [3.63, 3.8) is 0 Å². The van der Waals surface area contributed by atoms with E-state index >= 15 is 0 Å². The third-order valence-corrected chi connectivity index (χ3v) is 3.79. The Labute approximate surface area is 128 Å². The number of H-pyrrole nitrogens is 1. The van der Waals surface area contributed by atoms with E-state index in [1.54, 1.807) is 0 Å². The van der Waals surface area contributed by atoms with E-state index in [1.165, 1.54) is 5.56 Å². The lowest BCUT2D eigenvalue weighted by atomic mass is 10.1. The molecule has 2 N–H and O–H groups in total. The number of tetrazole rings is 1. The fraction of sp³-hybridized carbons (Fsp3) is 0.467. The average molecular weight is 301 g/mol. The van der Waals surface area contributed by atoms with Crippen LogP contribution in [0.5, 0.6) is 5.75 Å². The summed E-state index contributed by atoms with van der Waals surface area (Å²) in [5.41, 5.74) is 2.19. The predicted molar refractivity (Wildman–Crippen MR) is 79.4 cm³/mol. The van der Waals surface area contributed by atoms with Gasteiger partial charge in [0, 0.05) is 18.9 Å². The number of aromatic nitrogens is 4. The van der Waals surface area contributed by atoms with Gasteiger partial charge in [-0.15, -0.1) is 10.2 Å². The van der Waals surface area contributed by atoms with Gasteiger partial charge < -0.3 is 10.1 Å². The lowest BCUT2D eigenvalue weighted by molar-refractivity contribution is -0.121. The van der Waals surface area contributed by atoms with Crippen LogP contribution in [-0.2, 0) is 24.1 Å². The Morgan fingerprint density at radius 1 is 1.50 bits per heavy atom. The molecule has 3 rings (SSSR count). The topological polar surface area (TPSA) is 92.8 Å². The van der Waals surface area contributed by atoms with Crippen LogP contribution in [0, 0.1) is 0 Å². The number of hydrogen-bond acceptors (Lipinski definition) is 5. The van der Waals surface area contributed by atoms with Gasteiger partial charge in [-0.25, -0.2) is 0 Å². The van der Waals surface area contributed by atoms with Crippen molar-refractivity contribution >= 4 is 5.91 Å². The zero-order valence-electron chi connectivity index (χ0n) is 12.5. The van der Waals surface area contributed by atoms with E-state index in [9.17, 15) is 4.79 Å². The summed E-state index contributed by atoms with van der Waals surface area (Å²) in [5, 5.41) is 16.8. The van der Waals surface area contributed by atoms with E-state index in [-0.39, 0.29) is 11.9 Å². The molecular weight excluding hydrogens is 282 g/mol. The molecule has 1 atom stereocenters. The third kappa shape index (κ3) is 3.41. The van der Waals surface area contributed by atoms with Crippen LogP contribution in [0.3, 0.4) is 0 Å². The number of carbonyl (C=O) groups is 1. The minimum Gasteiger partial charge on any atom is -0.493 e. The fourth-order valence-corrected chi connectivity index (χ4v) is 2.60. The summed E-state index contributed by atoms with van der Waals surface area (Å²) in [6, 6.07) is 5.97. The van der Waals surface area contributed by atoms with E-state index in [0.29, 0.717) is 18.7 Å². The molecule has 1 unspecified atom stereocenters. The number of ether oxygens (including phenoxy) is 1. The van der Waals surface area contributed by atoms with Gasteiger partial charge in [-0.05, 0) is 23.6 Å². The van der Waals surface area contributed by atoms with Gasteiger partial charge in [0.05, 0.1) is 13.0 Å². The number of amides is 1. The van der Waals surface area contributed by atoms with Crippen LogP contribution >= 0.6 is 0 Å². The lowest BCUT2D eigenvalue weighted by Crippen LogP contribution is -2.37. The highest BCUT2D eigenvalue weighted by molar-refractivity contribution is 5.79. The number of aromatic amines is 1. The Balaban J connectivity index is 1.57. The molecule has 0 fully saturated rings. The summed E-state index contributed by atoms with van der Waals surface area (Å²) in [4.78, 5) is 12.2. The number of rotatable bonds is 6. The molecule has 0 saturated heterocycles. The molecule has 0 spiro atoms. The van der Waals surface area contributed by atoms with Crippen molar-refractivity contribution in [3.8, 4) is 5.75 Å². The van der Waals surface area contributed by atoms with Crippen LogP contribution in [-0.4, -0.2) is 39.2 Å². The highest BCUT2D eigenvalue weighted by Crippen LogP contribution is 2.25. The maximum Gasteiger partial charge on any atom is 0.224 e.